The number of alkyl halides is 3. The minimum Gasteiger partial charge on any atom is -0.409 e. The van der Waals surface area contributed by atoms with Gasteiger partial charge in [-0.1, -0.05) is 5.16 Å². The number of nitrogens with zero attached hydrogens (tertiary/aromatic N) is 6. The lowest BCUT2D eigenvalue weighted by Crippen LogP contribution is -2.16. The number of nitrogens with two attached hydrogens (primary N) is 1. The summed E-state index contributed by atoms with van der Waals surface area (Å²) < 4.78 is 37.9. The molecule has 3 N–H and O–H groups in total. The highest BCUT2D eigenvalue weighted by atomic mass is 19.4. The van der Waals surface area contributed by atoms with Crippen molar-refractivity contribution in [1.82, 2.24) is 25.0 Å². The minimum absolute atomic E-state index is 0.0116. The lowest BCUT2D eigenvalue weighted by molar-refractivity contribution is -0.141. The number of hydrogen-bond donors (Lipinski definition) is 2. The van der Waals surface area contributed by atoms with E-state index in [9.17, 15) is 13.2 Å². The molecule has 0 radical (unpaired) electrons. The van der Waals surface area contributed by atoms with Crippen molar-refractivity contribution >= 4 is 5.84 Å². The van der Waals surface area contributed by atoms with Gasteiger partial charge in [0.2, 0.25) is 11.7 Å². The maximum atomic E-state index is 12.3. The highest BCUT2D eigenvalue weighted by molar-refractivity contribution is 5.93. The molecule has 2 aromatic rings. The van der Waals surface area contributed by atoms with Crippen LogP contribution in [0.1, 0.15) is 11.5 Å². The normalized spacial score (nSPS) is 12.7. The Balaban J connectivity index is 2.30. The van der Waals surface area contributed by atoms with Crippen LogP contribution in [0.4, 0.5) is 13.2 Å². The predicted octanol–water partition coefficient (Wildman–Crippen LogP) is 0.171. The average Bonchev–Trinajstić information content (AvgIpc) is 2.86. The largest absolute Gasteiger partial charge is 0.435 e. The van der Waals surface area contributed by atoms with Gasteiger partial charge in [0.15, 0.2) is 11.5 Å². The minimum atomic E-state index is -4.56. The van der Waals surface area contributed by atoms with E-state index in [0.717, 1.165) is 23.1 Å². The van der Waals surface area contributed by atoms with Gasteiger partial charge in [0.25, 0.3) is 0 Å². The summed E-state index contributed by atoms with van der Waals surface area (Å²) in [4.78, 5) is 3.68. The van der Waals surface area contributed by atoms with Gasteiger partial charge in [-0.2, -0.15) is 13.2 Å². The highest BCUT2D eigenvalue weighted by Crippen LogP contribution is 2.26. The summed E-state index contributed by atoms with van der Waals surface area (Å²) in [6.07, 6.45) is -3.42. The summed E-state index contributed by atoms with van der Waals surface area (Å²) in [5, 5.41) is 21.2. The lowest BCUT2D eigenvalue weighted by Gasteiger charge is -2.04. The molecule has 0 amide bonds. The molecule has 0 spiro atoms. The van der Waals surface area contributed by atoms with Crippen molar-refractivity contribution in [2.45, 2.75) is 6.18 Å². The van der Waals surface area contributed by atoms with Gasteiger partial charge in [-0.05, 0) is 12.1 Å². The molecule has 19 heavy (non-hydrogen) atoms. The van der Waals surface area contributed by atoms with Crippen molar-refractivity contribution in [3.63, 3.8) is 0 Å². The summed E-state index contributed by atoms with van der Waals surface area (Å²) in [6.45, 7) is 0. The molecule has 0 aliphatic carbocycles. The monoisotopic (exact) mass is 273 g/mol. The molecule has 0 unspecified atom stereocenters. The van der Waals surface area contributed by atoms with Crippen molar-refractivity contribution in [2.75, 3.05) is 0 Å². The number of oxime groups is 1. The second-order valence-electron chi connectivity index (χ2n) is 3.27. The van der Waals surface area contributed by atoms with E-state index in [1.54, 1.807) is 0 Å². The third kappa shape index (κ3) is 2.59. The molecular weight excluding hydrogens is 267 g/mol. The Morgan fingerprint density at radius 3 is 2.58 bits per heavy atom. The molecule has 2 rings (SSSR count). The van der Waals surface area contributed by atoms with Gasteiger partial charge in [0.05, 0.1) is 0 Å². The number of halogens is 3. The van der Waals surface area contributed by atoms with Crippen molar-refractivity contribution in [3.8, 4) is 5.82 Å². The maximum Gasteiger partial charge on any atom is 0.435 e. The number of rotatable bonds is 2. The Labute approximate surface area is 103 Å². The van der Waals surface area contributed by atoms with Crippen LogP contribution in [0.25, 0.3) is 5.82 Å². The molecule has 0 bridgehead atoms. The zero-order chi connectivity index (χ0) is 14.0. The van der Waals surface area contributed by atoms with Gasteiger partial charge in [-0.3, -0.25) is 0 Å². The summed E-state index contributed by atoms with van der Waals surface area (Å²) in [6, 6.07) is 1.83. The quantitative estimate of drug-likeness (QED) is 0.349. The first-order valence-electron chi connectivity index (χ1n) is 4.72. The fourth-order valence-electron chi connectivity index (χ4n) is 1.13. The van der Waals surface area contributed by atoms with Gasteiger partial charge in [-0.25, -0.2) is 9.67 Å². The molecule has 0 aliphatic heterocycles. The third-order valence-corrected chi connectivity index (χ3v) is 2.00. The Kier molecular flexibility index (Phi) is 3.02. The summed E-state index contributed by atoms with van der Waals surface area (Å²) in [5.41, 5.74) is 4.13. The standard InChI is InChI=1S/C8H6F3N7O/c9-8(10,11)4-1-2-5(15-14-4)18-3-13-7(16-18)6(12)17-19/h1-3,19H,(H2,12,17). The zero-order valence-corrected chi connectivity index (χ0v) is 9.07. The molecule has 0 saturated carbocycles. The Bertz CT molecular complexity index is 604. The van der Waals surface area contributed by atoms with Crippen LogP contribution in [-0.2, 0) is 6.18 Å². The Morgan fingerprint density at radius 2 is 2.05 bits per heavy atom. The van der Waals surface area contributed by atoms with Crippen LogP contribution in [0.15, 0.2) is 23.6 Å². The summed E-state index contributed by atoms with van der Waals surface area (Å²) in [7, 11) is 0. The second-order valence-corrected chi connectivity index (χ2v) is 3.27. The average molecular weight is 273 g/mol. The van der Waals surface area contributed by atoms with E-state index in [1.807, 2.05) is 0 Å². The van der Waals surface area contributed by atoms with E-state index in [4.69, 9.17) is 10.9 Å². The topological polar surface area (TPSA) is 115 Å². The van der Waals surface area contributed by atoms with Gasteiger partial charge in [0, 0.05) is 0 Å². The fraction of sp³-hybridized carbons (Fsp3) is 0.125. The maximum absolute atomic E-state index is 12.3. The van der Waals surface area contributed by atoms with Gasteiger partial charge >= 0.3 is 6.18 Å². The van der Waals surface area contributed by atoms with Crippen molar-refractivity contribution in [3.05, 3.63) is 30.0 Å². The van der Waals surface area contributed by atoms with Crippen molar-refractivity contribution < 1.29 is 18.4 Å². The Hall–Kier alpha value is -2.72. The molecular formula is C8H6F3N7O. The number of aromatic nitrogens is 5. The van der Waals surface area contributed by atoms with Crippen LogP contribution < -0.4 is 5.73 Å². The molecule has 8 nitrogen and oxygen atoms in total. The molecule has 100 valence electrons. The highest BCUT2D eigenvalue weighted by Gasteiger charge is 2.32. The van der Waals surface area contributed by atoms with Crippen LogP contribution >= 0.6 is 0 Å². The molecule has 0 aliphatic rings. The van der Waals surface area contributed by atoms with Crippen LogP contribution in [0.2, 0.25) is 0 Å². The van der Waals surface area contributed by atoms with E-state index in [0.29, 0.717) is 0 Å². The smallest absolute Gasteiger partial charge is 0.409 e. The SMILES string of the molecule is N/C(=N/O)c1ncn(-c2ccc(C(F)(F)F)nn2)n1. The predicted molar refractivity (Wildman–Crippen MR) is 54.5 cm³/mol. The summed E-state index contributed by atoms with van der Waals surface area (Å²) >= 11 is 0. The molecule has 2 heterocycles. The molecule has 0 aromatic carbocycles. The fourth-order valence-corrected chi connectivity index (χ4v) is 1.13. The van der Waals surface area contributed by atoms with Gasteiger partial charge in [0.1, 0.15) is 6.33 Å². The van der Waals surface area contributed by atoms with E-state index < -0.39 is 11.9 Å². The van der Waals surface area contributed by atoms with Crippen LogP contribution in [-0.4, -0.2) is 36.0 Å². The van der Waals surface area contributed by atoms with E-state index in [1.165, 1.54) is 0 Å². The molecule has 11 heteroatoms. The first-order chi connectivity index (χ1) is 8.91. The number of hydrogen-bond acceptors (Lipinski definition) is 6. The van der Waals surface area contributed by atoms with Crippen LogP contribution in [0, 0.1) is 0 Å². The van der Waals surface area contributed by atoms with Crippen molar-refractivity contribution in [2.24, 2.45) is 10.9 Å². The van der Waals surface area contributed by atoms with E-state index >= 15 is 0 Å². The zero-order valence-electron chi connectivity index (χ0n) is 9.07. The van der Waals surface area contributed by atoms with E-state index in [-0.39, 0.29) is 17.5 Å². The lowest BCUT2D eigenvalue weighted by atomic mass is 10.4. The Morgan fingerprint density at radius 1 is 1.32 bits per heavy atom. The molecule has 0 fully saturated rings. The van der Waals surface area contributed by atoms with Crippen LogP contribution in [0.5, 0.6) is 0 Å². The van der Waals surface area contributed by atoms with E-state index in [2.05, 4.69) is 25.4 Å². The molecule has 0 saturated heterocycles. The van der Waals surface area contributed by atoms with Crippen molar-refractivity contribution in [1.29, 1.82) is 0 Å². The number of amidine groups is 1. The first-order valence-corrected chi connectivity index (χ1v) is 4.72. The van der Waals surface area contributed by atoms with Gasteiger partial charge < -0.3 is 10.9 Å². The third-order valence-electron chi connectivity index (χ3n) is 2.00. The van der Waals surface area contributed by atoms with Gasteiger partial charge in [-0.15, -0.1) is 15.3 Å². The molecule has 2 aromatic heterocycles. The van der Waals surface area contributed by atoms with Crippen LogP contribution in [0.3, 0.4) is 0 Å². The molecule has 0 atom stereocenters. The summed E-state index contributed by atoms with van der Waals surface area (Å²) in [5.74, 6) is -0.416. The first kappa shape index (κ1) is 12.7. The second kappa shape index (κ2) is 4.51.